The number of nitrogens with one attached hydrogen (secondary N) is 1. The van der Waals surface area contributed by atoms with Gasteiger partial charge in [-0.1, -0.05) is 0 Å². The van der Waals surface area contributed by atoms with Gasteiger partial charge in [-0.3, -0.25) is 9.80 Å². The lowest BCUT2D eigenvalue weighted by atomic mass is 10.0. The molecule has 2 aliphatic heterocycles. The van der Waals surface area contributed by atoms with Crippen LogP contribution in [0.5, 0.6) is 0 Å². The van der Waals surface area contributed by atoms with E-state index in [1.165, 1.54) is 24.3 Å². The summed E-state index contributed by atoms with van der Waals surface area (Å²) in [4.78, 5) is 15.5. The van der Waals surface area contributed by atoms with Crippen molar-refractivity contribution >= 4 is 30.8 Å². The topological polar surface area (TPSA) is 97.5 Å². The second-order valence-electron chi connectivity index (χ2n) is 12.6. The van der Waals surface area contributed by atoms with Crippen molar-refractivity contribution in [3.05, 3.63) is 108 Å². The van der Waals surface area contributed by atoms with Crippen LogP contribution in [0, 0.1) is 0 Å². The number of amides is 2. The monoisotopic (exact) mass is 761 g/mol. The highest BCUT2D eigenvalue weighted by atomic mass is 35.5. The lowest BCUT2D eigenvalue weighted by Gasteiger charge is -2.31. The smallest absolute Gasteiger partial charge is 0.352 e. The second kappa shape index (κ2) is 18.2. The van der Waals surface area contributed by atoms with Crippen LogP contribution in [0.25, 0.3) is 11.4 Å². The number of rotatable bonds is 7. The van der Waals surface area contributed by atoms with E-state index in [-0.39, 0.29) is 30.9 Å². The van der Waals surface area contributed by atoms with Crippen LogP contribution in [0.1, 0.15) is 47.9 Å². The van der Waals surface area contributed by atoms with E-state index in [1.807, 2.05) is 46.1 Å². The first-order chi connectivity index (χ1) is 23.2. The summed E-state index contributed by atoms with van der Waals surface area (Å²) in [5.74, 6) is 0. The Balaban J connectivity index is 0.000000267. The molecule has 4 aromatic rings. The highest BCUT2D eigenvalue weighted by Crippen LogP contribution is 2.31. The zero-order valence-electron chi connectivity index (χ0n) is 27.7. The molecule has 2 aromatic carbocycles. The third kappa shape index (κ3) is 12.2. The first-order valence-corrected chi connectivity index (χ1v) is 16.2. The maximum atomic E-state index is 12.6. The van der Waals surface area contributed by atoms with Crippen LogP contribution in [0.2, 0.25) is 0 Å². The SMILES string of the molecule is Cl.Cl.NC(=O)NC1CCN(Cc2ccn(-c3ccc(C(F)(F)F)cc3)c2)CC1.NC1CCN(Cc2ccn(-c3ccc(C(F)(F)F)cc3)c2)CC1. The van der Waals surface area contributed by atoms with E-state index in [2.05, 4.69) is 15.1 Å². The molecule has 6 rings (SSSR count). The predicted octanol–water partition coefficient (Wildman–Crippen LogP) is 7.39. The van der Waals surface area contributed by atoms with Crippen molar-refractivity contribution < 1.29 is 31.1 Å². The number of carbonyl (C=O) groups excluding carboxylic acids is 1. The first-order valence-electron chi connectivity index (χ1n) is 16.2. The number of alkyl halides is 6. The molecular weight excluding hydrogens is 719 g/mol. The summed E-state index contributed by atoms with van der Waals surface area (Å²) >= 11 is 0. The average Bonchev–Trinajstić information content (AvgIpc) is 3.73. The van der Waals surface area contributed by atoms with E-state index >= 15 is 0 Å². The van der Waals surface area contributed by atoms with Crippen LogP contribution in [0.3, 0.4) is 0 Å². The Morgan fingerprint density at radius 1 is 0.647 bits per heavy atom. The number of nitrogens with two attached hydrogens (primary N) is 2. The molecule has 0 bridgehead atoms. The maximum Gasteiger partial charge on any atom is 0.416 e. The Bertz CT molecular complexity index is 1640. The minimum Gasteiger partial charge on any atom is -0.352 e. The number of halogens is 8. The van der Waals surface area contributed by atoms with Crippen LogP contribution < -0.4 is 16.8 Å². The van der Waals surface area contributed by atoms with Gasteiger partial charge in [0.2, 0.25) is 0 Å². The molecule has 51 heavy (non-hydrogen) atoms. The van der Waals surface area contributed by atoms with Crippen molar-refractivity contribution in [2.75, 3.05) is 26.2 Å². The van der Waals surface area contributed by atoms with Gasteiger partial charge in [0.05, 0.1) is 11.1 Å². The molecule has 2 fully saturated rings. The van der Waals surface area contributed by atoms with E-state index in [1.54, 1.807) is 0 Å². The minimum atomic E-state index is -4.32. The Hall–Kier alpha value is -3.69. The van der Waals surface area contributed by atoms with Gasteiger partial charge in [0.25, 0.3) is 0 Å². The summed E-state index contributed by atoms with van der Waals surface area (Å²) in [6, 6.07) is 14.2. The minimum absolute atomic E-state index is 0. The van der Waals surface area contributed by atoms with Crippen LogP contribution in [-0.4, -0.2) is 63.2 Å². The van der Waals surface area contributed by atoms with E-state index in [4.69, 9.17) is 11.5 Å². The quantitative estimate of drug-likeness (QED) is 0.171. The number of urea groups is 1. The van der Waals surface area contributed by atoms with Crippen molar-refractivity contribution in [2.45, 2.75) is 63.2 Å². The zero-order valence-corrected chi connectivity index (χ0v) is 29.4. The van der Waals surface area contributed by atoms with E-state index < -0.39 is 29.5 Å². The first kappa shape index (κ1) is 41.7. The molecule has 8 nitrogen and oxygen atoms in total. The fourth-order valence-corrected chi connectivity index (χ4v) is 6.10. The van der Waals surface area contributed by atoms with Gasteiger partial charge in [-0.2, -0.15) is 26.3 Å². The maximum absolute atomic E-state index is 12.6. The van der Waals surface area contributed by atoms with Crippen molar-refractivity contribution in [2.24, 2.45) is 11.5 Å². The van der Waals surface area contributed by atoms with Crippen LogP contribution in [0.4, 0.5) is 31.1 Å². The molecule has 0 saturated carbocycles. The normalized spacial score (nSPS) is 16.4. The average molecular weight is 763 g/mol. The molecular formula is C35H43Cl2F6N7O. The van der Waals surface area contributed by atoms with Gasteiger partial charge < -0.3 is 25.9 Å². The molecule has 0 aliphatic carbocycles. The Morgan fingerprint density at radius 2 is 1.02 bits per heavy atom. The molecule has 280 valence electrons. The largest absolute Gasteiger partial charge is 0.416 e. The number of piperidine rings is 2. The Labute approximate surface area is 305 Å². The number of carbonyl (C=O) groups is 1. The van der Waals surface area contributed by atoms with Gasteiger partial charge in [-0.05, 0) is 111 Å². The molecule has 2 aromatic heterocycles. The fourth-order valence-electron chi connectivity index (χ4n) is 6.10. The molecule has 0 spiro atoms. The van der Waals surface area contributed by atoms with E-state index in [9.17, 15) is 31.1 Å². The third-order valence-corrected chi connectivity index (χ3v) is 8.87. The standard InChI is InChI=1S/C18H21F3N4O.C17H20F3N3.2ClH/c19-18(20,21)14-1-3-16(4-2-14)25-10-5-13(12-25)11-24-8-6-15(7-9-24)23-17(22)26;18-17(19,20)14-1-3-16(4-2-14)23-10-5-13(12-23)11-22-8-6-15(21)7-9-22;;/h1-5,10,12,15H,6-9,11H2,(H3,22,23,26);1-5,10,12,15H,6-9,11,21H2;2*1H. The Kier molecular flexibility index (Phi) is 14.9. The van der Waals surface area contributed by atoms with Gasteiger partial charge in [0.15, 0.2) is 0 Å². The van der Waals surface area contributed by atoms with Crippen molar-refractivity contribution in [3.8, 4) is 11.4 Å². The summed E-state index contributed by atoms with van der Waals surface area (Å²) in [5.41, 5.74) is 13.4. The van der Waals surface area contributed by atoms with Gasteiger partial charge in [0.1, 0.15) is 0 Å². The highest BCUT2D eigenvalue weighted by Gasteiger charge is 2.31. The highest BCUT2D eigenvalue weighted by molar-refractivity contribution is 5.85. The van der Waals surface area contributed by atoms with Crippen LogP contribution in [0.15, 0.2) is 85.5 Å². The van der Waals surface area contributed by atoms with E-state index in [0.717, 1.165) is 106 Å². The molecule has 5 N–H and O–H groups in total. The molecule has 0 radical (unpaired) electrons. The molecule has 0 unspecified atom stereocenters. The number of aromatic nitrogens is 2. The van der Waals surface area contributed by atoms with Gasteiger partial charge in [-0.25, -0.2) is 4.79 Å². The molecule has 2 amide bonds. The number of benzene rings is 2. The van der Waals surface area contributed by atoms with Gasteiger partial charge in [-0.15, -0.1) is 24.8 Å². The number of nitrogens with zero attached hydrogens (tertiary/aromatic N) is 4. The molecule has 2 saturated heterocycles. The molecule has 2 aliphatic rings. The number of hydrogen-bond donors (Lipinski definition) is 3. The third-order valence-electron chi connectivity index (χ3n) is 8.87. The number of likely N-dealkylation sites (tertiary alicyclic amines) is 2. The lowest BCUT2D eigenvalue weighted by Crippen LogP contribution is -2.46. The molecule has 4 heterocycles. The summed E-state index contributed by atoms with van der Waals surface area (Å²) in [6.45, 7) is 5.31. The predicted molar refractivity (Wildman–Crippen MR) is 190 cm³/mol. The van der Waals surface area contributed by atoms with Gasteiger partial charge in [0, 0.05) is 74.4 Å². The zero-order chi connectivity index (χ0) is 35.2. The van der Waals surface area contributed by atoms with Crippen LogP contribution in [-0.2, 0) is 25.4 Å². The Morgan fingerprint density at radius 3 is 1.37 bits per heavy atom. The summed E-state index contributed by atoms with van der Waals surface area (Å²) in [6.07, 6.45) is 2.73. The van der Waals surface area contributed by atoms with E-state index in [0.29, 0.717) is 11.7 Å². The molecule has 0 atom stereocenters. The van der Waals surface area contributed by atoms with Crippen molar-refractivity contribution in [1.29, 1.82) is 0 Å². The second-order valence-corrected chi connectivity index (χ2v) is 12.6. The number of hydrogen-bond acceptors (Lipinski definition) is 4. The van der Waals surface area contributed by atoms with Crippen molar-refractivity contribution in [1.82, 2.24) is 24.3 Å². The summed E-state index contributed by atoms with van der Waals surface area (Å²) in [7, 11) is 0. The van der Waals surface area contributed by atoms with Crippen LogP contribution >= 0.6 is 24.8 Å². The summed E-state index contributed by atoms with van der Waals surface area (Å²) < 4.78 is 79.4. The molecule has 16 heteroatoms. The number of primary amides is 1. The van der Waals surface area contributed by atoms with Gasteiger partial charge >= 0.3 is 18.4 Å². The summed E-state index contributed by atoms with van der Waals surface area (Å²) in [5, 5.41) is 2.73. The lowest BCUT2D eigenvalue weighted by molar-refractivity contribution is -0.138. The van der Waals surface area contributed by atoms with Crippen molar-refractivity contribution in [3.63, 3.8) is 0 Å². The fraction of sp³-hybridized carbons (Fsp3) is 0.400.